The molecule has 1 N–H and O–H groups in total. The Labute approximate surface area is 91.9 Å². The van der Waals surface area contributed by atoms with Gasteiger partial charge in [0.05, 0.1) is 6.10 Å². The van der Waals surface area contributed by atoms with Crippen LogP contribution in [0, 0.1) is 0 Å². The van der Waals surface area contributed by atoms with E-state index in [1.807, 2.05) is 26.1 Å². The number of nitrogens with one attached hydrogen (secondary N) is 1. The summed E-state index contributed by atoms with van der Waals surface area (Å²) in [5, 5.41) is 3.34. The largest absolute Gasteiger partial charge is 0.475 e. The molecule has 1 aromatic rings. The van der Waals surface area contributed by atoms with Crippen LogP contribution in [0.2, 0.25) is 0 Å². The van der Waals surface area contributed by atoms with Crippen molar-refractivity contribution in [1.29, 1.82) is 0 Å². The summed E-state index contributed by atoms with van der Waals surface area (Å²) in [6.45, 7) is 9.18. The maximum atomic E-state index is 5.48. The zero-order valence-electron chi connectivity index (χ0n) is 9.95. The normalized spacial score (nSPS) is 12.9. The predicted octanol–water partition coefficient (Wildman–Crippen LogP) is 2.54. The Bertz CT molecular complexity index is 282. The van der Waals surface area contributed by atoms with Gasteiger partial charge in [-0.05, 0) is 32.9 Å². The van der Waals surface area contributed by atoms with Crippen LogP contribution in [0.3, 0.4) is 0 Å². The van der Waals surface area contributed by atoms with Crippen molar-refractivity contribution >= 4 is 0 Å². The molecule has 0 saturated carbocycles. The van der Waals surface area contributed by atoms with Gasteiger partial charge in [-0.2, -0.15) is 0 Å². The van der Waals surface area contributed by atoms with Crippen molar-refractivity contribution in [2.75, 3.05) is 6.54 Å². The summed E-state index contributed by atoms with van der Waals surface area (Å²) in [7, 11) is 0. The lowest BCUT2D eigenvalue weighted by atomic mass is 10.1. The molecule has 3 heteroatoms. The highest BCUT2D eigenvalue weighted by Crippen LogP contribution is 2.14. The standard InChI is InChI=1S/C12H20N2O/c1-5-13-10(4)11-6-7-12(14-8-11)15-9(2)3/h6-10,13H,5H2,1-4H3. The molecule has 0 fully saturated rings. The quantitative estimate of drug-likeness (QED) is 0.807. The SMILES string of the molecule is CCNC(C)c1ccc(OC(C)C)nc1. The number of pyridine rings is 1. The van der Waals surface area contributed by atoms with Gasteiger partial charge in [-0.25, -0.2) is 4.98 Å². The van der Waals surface area contributed by atoms with Gasteiger partial charge in [-0.15, -0.1) is 0 Å². The molecule has 1 aromatic heterocycles. The van der Waals surface area contributed by atoms with Crippen molar-refractivity contribution in [2.45, 2.75) is 39.8 Å². The van der Waals surface area contributed by atoms with E-state index in [4.69, 9.17) is 4.74 Å². The van der Waals surface area contributed by atoms with Gasteiger partial charge in [-0.3, -0.25) is 0 Å². The topological polar surface area (TPSA) is 34.1 Å². The highest BCUT2D eigenvalue weighted by molar-refractivity contribution is 5.20. The minimum Gasteiger partial charge on any atom is -0.475 e. The average molecular weight is 208 g/mol. The zero-order valence-corrected chi connectivity index (χ0v) is 9.95. The van der Waals surface area contributed by atoms with Crippen molar-refractivity contribution in [1.82, 2.24) is 10.3 Å². The van der Waals surface area contributed by atoms with Crippen LogP contribution in [0.25, 0.3) is 0 Å². The van der Waals surface area contributed by atoms with Crippen molar-refractivity contribution in [3.63, 3.8) is 0 Å². The molecule has 15 heavy (non-hydrogen) atoms. The second-order valence-corrected chi connectivity index (χ2v) is 3.88. The van der Waals surface area contributed by atoms with E-state index in [9.17, 15) is 0 Å². The van der Waals surface area contributed by atoms with Gasteiger partial charge < -0.3 is 10.1 Å². The number of hydrogen-bond donors (Lipinski definition) is 1. The predicted molar refractivity (Wildman–Crippen MR) is 62.1 cm³/mol. The first kappa shape index (κ1) is 12.0. The number of nitrogens with zero attached hydrogens (tertiary/aromatic N) is 1. The molecule has 0 aliphatic heterocycles. The van der Waals surface area contributed by atoms with Crippen LogP contribution < -0.4 is 10.1 Å². The maximum Gasteiger partial charge on any atom is 0.213 e. The van der Waals surface area contributed by atoms with E-state index in [-0.39, 0.29) is 6.10 Å². The fraction of sp³-hybridized carbons (Fsp3) is 0.583. The van der Waals surface area contributed by atoms with Crippen LogP contribution in [0.4, 0.5) is 0 Å². The Kier molecular flexibility index (Phi) is 4.56. The summed E-state index contributed by atoms with van der Waals surface area (Å²) in [6.07, 6.45) is 2.04. The molecule has 0 radical (unpaired) electrons. The molecule has 1 unspecified atom stereocenters. The third kappa shape index (κ3) is 3.88. The van der Waals surface area contributed by atoms with E-state index < -0.39 is 0 Å². The van der Waals surface area contributed by atoms with Gasteiger partial charge in [0.15, 0.2) is 0 Å². The molecule has 0 bridgehead atoms. The summed E-state index contributed by atoms with van der Waals surface area (Å²) in [6, 6.07) is 4.32. The first-order valence-electron chi connectivity index (χ1n) is 5.49. The van der Waals surface area contributed by atoms with Crippen molar-refractivity contribution in [3.05, 3.63) is 23.9 Å². The average Bonchev–Trinajstić information content (AvgIpc) is 2.18. The molecule has 84 valence electrons. The van der Waals surface area contributed by atoms with Gasteiger partial charge in [0.25, 0.3) is 0 Å². The molecule has 0 saturated heterocycles. The maximum absolute atomic E-state index is 5.48. The molecule has 0 aliphatic rings. The van der Waals surface area contributed by atoms with Crippen LogP contribution in [-0.2, 0) is 0 Å². The summed E-state index contributed by atoms with van der Waals surface area (Å²) in [5.41, 5.74) is 1.19. The number of ether oxygens (including phenoxy) is 1. The molecule has 1 rings (SSSR count). The number of hydrogen-bond acceptors (Lipinski definition) is 3. The molecule has 1 atom stereocenters. The fourth-order valence-electron chi connectivity index (χ4n) is 1.38. The highest BCUT2D eigenvalue weighted by Gasteiger charge is 2.04. The number of aromatic nitrogens is 1. The van der Waals surface area contributed by atoms with E-state index in [2.05, 4.69) is 30.2 Å². The molecular formula is C12H20N2O. The van der Waals surface area contributed by atoms with E-state index in [0.29, 0.717) is 11.9 Å². The van der Waals surface area contributed by atoms with E-state index in [1.165, 1.54) is 5.56 Å². The third-order valence-corrected chi connectivity index (χ3v) is 2.13. The molecular weight excluding hydrogens is 188 g/mol. The lowest BCUT2D eigenvalue weighted by molar-refractivity contribution is 0.232. The summed E-state index contributed by atoms with van der Waals surface area (Å²) in [4.78, 5) is 4.26. The molecule has 0 spiro atoms. The molecule has 0 aliphatic carbocycles. The highest BCUT2D eigenvalue weighted by atomic mass is 16.5. The Morgan fingerprint density at radius 1 is 1.33 bits per heavy atom. The van der Waals surface area contributed by atoms with Gasteiger partial charge in [0.2, 0.25) is 5.88 Å². The molecule has 3 nitrogen and oxygen atoms in total. The number of rotatable bonds is 5. The summed E-state index contributed by atoms with van der Waals surface area (Å²) < 4.78 is 5.48. The van der Waals surface area contributed by atoms with Gasteiger partial charge >= 0.3 is 0 Å². The lowest BCUT2D eigenvalue weighted by Gasteiger charge is -2.13. The van der Waals surface area contributed by atoms with E-state index in [0.717, 1.165) is 6.54 Å². The van der Waals surface area contributed by atoms with Crippen LogP contribution >= 0.6 is 0 Å². The van der Waals surface area contributed by atoms with E-state index >= 15 is 0 Å². The zero-order chi connectivity index (χ0) is 11.3. The minimum atomic E-state index is 0.176. The Hall–Kier alpha value is -1.09. The molecule has 0 amide bonds. The van der Waals surface area contributed by atoms with Gasteiger partial charge in [-0.1, -0.05) is 13.0 Å². The minimum absolute atomic E-state index is 0.176. The van der Waals surface area contributed by atoms with Crippen LogP contribution in [0.1, 0.15) is 39.3 Å². The Morgan fingerprint density at radius 3 is 2.53 bits per heavy atom. The van der Waals surface area contributed by atoms with Gasteiger partial charge in [0, 0.05) is 18.3 Å². The molecule has 0 aromatic carbocycles. The van der Waals surface area contributed by atoms with Crippen LogP contribution in [0.5, 0.6) is 5.88 Å². The smallest absolute Gasteiger partial charge is 0.213 e. The fourth-order valence-corrected chi connectivity index (χ4v) is 1.38. The third-order valence-electron chi connectivity index (χ3n) is 2.13. The lowest BCUT2D eigenvalue weighted by Crippen LogP contribution is -2.17. The van der Waals surface area contributed by atoms with Crippen molar-refractivity contribution in [2.24, 2.45) is 0 Å². The Balaban J connectivity index is 2.63. The summed E-state index contributed by atoms with van der Waals surface area (Å²) >= 11 is 0. The first-order chi connectivity index (χ1) is 7.13. The summed E-state index contributed by atoms with van der Waals surface area (Å²) in [5.74, 6) is 0.692. The Morgan fingerprint density at radius 2 is 2.07 bits per heavy atom. The van der Waals surface area contributed by atoms with Crippen LogP contribution in [-0.4, -0.2) is 17.6 Å². The van der Waals surface area contributed by atoms with Gasteiger partial charge in [0.1, 0.15) is 0 Å². The van der Waals surface area contributed by atoms with Crippen LogP contribution in [0.15, 0.2) is 18.3 Å². The second-order valence-electron chi connectivity index (χ2n) is 3.88. The molecule has 1 heterocycles. The van der Waals surface area contributed by atoms with E-state index in [1.54, 1.807) is 0 Å². The monoisotopic (exact) mass is 208 g/mol. The first-order valence-corrected chi connectivity index (χ1v) is 5.49. The van der Waals surface area contributed by atoms with Crippen molar-refractivity contribution in [3.8, 4) is 5.88 Å². The van der Waals surface area contributed by atoms with Crippen molar-refractivity contribution < 1.29 is 4.74 Å². The second kappa shape index (κ2) is 5.71.